The van der Waals surface area contributed by atoms with Crippen LogP contribution in [0, 0.1) is 0 Å². The number of hydrogen-bond donors (Lipinski definition) is 0. The molecule has 8 aromatic carbocycles. The largest absolute Gasteiger partial charge is 0.289 e. The Morgan fingerprint density at radius 1 is 0.378 bits per heavy atom. The minimum Gasteiger partial charge on any atom is -0.289 e. The van der Waals surface area contributed by atoms with Gasteiger partial charge >= 0.3 is 0 Å². The molecule has 8 aromatic rings. The van der Waals surface area contributed by atoms with E-state index >= 15 is 0 Å². The van der Waals surface area contributed by atoms with Gasteiger partial charge in [-0.05, 0) is 101 Å². The van der Waals surface area contributed by atoms with Crippen LogP contribution in [0.3, 0.4) is 0 Å². The summed E-state index contributed by atoms with van der Waals surface area (Å²) in [7, 11) is 0. The average Bonchev–Trinajstić information content (AvgIpc) is 3.09. The predicted molar refractivity (Wildman–Crippen MR) is 189 cm³/mol. The number of hydrogen-bond acceptors (Lipinski definition) is 1. The van der Waals surface area contributed by atoms with Crippen LogP contribution >= 0.6 is 0 Å². The van der Waals surface area contributed by atoms with Gasteiger partial charge in [-0.3, -0.25) is 4.79 Å². The lowest BCUT2D eigenvalue weighted by Crippen LogP contribution is -2.30. The molecule has 0 saturated heterocycles. The molecule has 212 valence electrons. The minimum absolute atomic E-state index is 0.104. The normalized spacial score (nSPS) is 13.8. The summed E-state index contributed by atoms with van der Waals surface area (Å²) in [6.07, 6.45) is 0. The topological polar surface area (TPSA) is 17.1 Å². The molecule has 0 bridgehead atoms. The SMILES string of the molecule is CC1(C)c2cc(-c3ccc4c(ccc5ccccc54)c3)ccc2C(=O)c2ccc(-c3ccc4c(ccc5ccccc54)c3)cc21. The molecule has 0 N–H and O–H groups in total. The molecule has 1 nitrogen and oxygen atoms in total. The van der Waals surface area contributed by atoms with E-state index in [1.165, 1.54) is 43.1 Å². The third-order valence-corrected chi connectivity index (χ3v) is 10.0. The van der Waals surface area contributed by atoms with Gasteiger partial charge in [-0.25, -0.2) is 0 Å². The molecule has 1 aliphatic carbocycles. The molecule has 0 fully saturated rings. The van der Waals surface area contributed by atoms with E-state index in [0.29, 0.717) is 0 Å². The van der Waals surface area contributed by atoms with Gasteiger partial charge in [0.15, 0.2) is 5.78 Å². The molecule has 0 radical (unpaired) electrons. The van der Waals surface area contributed by atoms with Crippen molar-refractivity contribution in [3.8, 4) is 22.3 Å². The number of benzene rings is 8. The van der Waals surface area contributed by atoms with Crippen molar-refractivity contribution in [3.05, 3.63) is 168 Å². The van der Waals surface area contributed by atoms with E-state index in [2.05, 4.69) is 147 Å². The highest BCUT2D eigenvalue weighted by atomic mass is 16.1. The van der Waals surface area contributed by atoms with Gasteiger partial charge in [0.25, 0.3) is 0 Å². The first kappa shape index (κ1) is 25.9. The summed E-state index contributed by atoms with van der Waals surface area (Å²) in [5.41, 5.74) is 8.00. The highest BCUT2D eigenvalue weighted by Crippen LogP contribution is 2.44. The van der Waals surface area contributed by atoms with Crippen molar-refractivity contribution in [2.45, 2.75) is 19.3 Å². The molecule has 0 spiro atoms. The molecule has 0 saturated carbocycles. The number of rotatable bonds is 2. The molecule has 0 atom stereocenters. The molecule has 0 amide bonds. The molecule has 45 heavy (non-hydrogen) atoms. The molecule has 0 unspecified atom stereocenters. The third-order valence-electron chi connectivity index (χ3n) is 10.0. The first-order valence-corrected chi connectivity index (χ1v) is 15.6. The Balaban J connectivity index is 1.14. The molecular weight excluding hydrogens is 544 g/mol. The fourth-order valence-corrected chi connectivity index (χ4v) is 7.55. The number of fused-ring (bicyclic) bond motifs is 8. The van der Waals surface area contributed by atoms with E-state index in [1.807, 2.05) is 12.1 Å². The third kappa shape index (κ3) is 3.90. The lowest BCUT2D eigenvalue weighted by Gasteiger charge is -2.35. The zero-order valence-corrected chi connectivity index (χ0v) is 25.3. The Morgan fingerprint density at radius 3 is 1.24 bits per heavy atom. The summed E-state index contributed by atoms with van der Waals surface area (Å²) in [6.45, 7) is 4.51. The van der Waals surface area contributed by atoms with Gasteiger partial charge < -0.3 is 0 Å². The molecule has 0 aromatic heterocycles. The van der Waals surface area contributed by atoms with Crippen LogP contribution in [0.2, 0.25) is 0 Å². The van der Waals surface area contributed by atoms with Crippen LogP contribution in [0.25, 0.3) is 65.3 Å². The van der Waals surface area contributed by atoms with E-state index in [9.17, 15) is 4.79 Å². The van der Waals surface area contributed by atoms with E-state index < -0.39 is 0 Å². The summed E-state index contributed by atoms with van der Waals surface area (Å²) >= 11 is 0. The highest BCUT2D eigenvalue weighted by molar-refractivity contribution is 6.14. The molecule has 0 aliphatic heterocycles. The van der Waals surface area contributed by atoms with Crippen LogP contribution in [-0.2, 0) is 5.41 Å². The monoisotopic (exact) mass is 574 g/mol. The minimum atomic E-state index is -0.343. The van der Waals surface area contributed by atoms with Crippen LogP contribution in [0.15, 0.2) is 146 Å². The summed E-state index contributed by atoms with van der Waals surface area (Å²) in [5, 5.41) is 10.00. The predicted octanol–water partition coefficient (Wildman–Crippen LogP) is 11.5. The lowest BCUT2D eigenvalue weighted by atomic mass is 9.67. The van der Waals surface area contributed by atoms with Crippen LogP contribution in [0.4, 0.5) is 0 Å². The van der Waals surface area contributed by atoms with Crippen molar-refractivity contribution in [1.29, 1.82) is 0 Å². The maximum atomic E-state index is 13.9. The Morgan fingerprint density at radius 2 is 0.756 bits per heavy atom. The Kier molecular flexibility index (Phi) is 5.46. The maximum Gasteiger partial charge on any atom is 0.193 e. The number of ketones is 1. The Hall–Kier alpha value is -5.53. The van der Waals surface area contributed by atoms with E-state index in [1.54, 1.807) is 0 Å². The van der Waals surface area contributed by atoms with Crippen molar-refractivity contribution < 1.29 is 4.79 Å². The first-order chi connectivity index (χ1) is 22.0. The summed E-state index contributed by atoms with van der Waals surface area (Å²) in [5.74, 6) is 0.104. The second kappa shape index (κ2) is 9.48. The lowest BCUT2D eigenvalue weighted by molar-refractivity contribution is 0.103. The standard InChI is InChI=1S/C44H30O/c1-44(2)41-25-31(29-15-19-37-33(23-29)13-11-27-7-3-5-9-35(27)37)17-21-39(41)43(45)40-22-18-32(26-42(40)44)30-16-20-38-34(24-30)14-12-28-8-4-6-10-36(28)38/h3-26H,1-2H3. The second-order valence-electron chi connectivity index (χ2n) is 12.9. The van der Waals surface area contributed by atoms with Crippen LogP contribution < -0.4 is 0 Å². The fraction of sp³-hybridized carbons (Fsp3) is 0.0682. The average molecular weight is 575 g/mol. The smallest absolute Gasteiger partial charge is 0.193 e. The van der Waals surface area contributed by atoms with Crippen molar-refractivity contribution in [3.63, 3.8) is 0 Å². The summed E-state index contributed by atoms with van der Waals surface area (Å²) in [6, 6.07) is 52.1. The molecule has 1 aliphatic rings. The van der Waals surface area contributed by atoms with Gasteiger partial charge in [-0.1, -0.05) is 135 Å². The van der Waals surface area contributed by atoms with Crippen molar-refractivity contribution >= 4 is 48.9 Å². The summed E-state index contributed by atoms with van der Waals surface area (Å²) in [4.78, 5) is 13.9. The molecule has 0 heterocycles. The van der Waals surface area contributed by atoms with Crippen molar-refractivity contribution in [2.75, 3.05) is 0 Å². The van der Waals surface area contributed by atoms with Crippen LogP contribution in [0.5, 0.6) is 0 Å². The zero-order valence-electron chi connectivity index (χ0n) is 25.3. The van der Waals surface area contributed by atoms with E-state index in [0.717, 1.165) is 44.5 Å². The highest BCUT2D eigenvalue weighted by Gasteiger charge is 2.37. The van der Waals surface area contributed by atoms with Crippen molar-refractivity contribution in [2.24, 2.45) is 0 Å². The maximum absolute atomic E-state index is 13.9. The van der Waals surface area contributed by atoms with Gasteiger partial charge in [0.05, 0.1) is 0 Å². The molecule has 1 heteroatoms. The molecular formula is C44H30O. The van der Waals surface area contributed by atoms with Crippen LogP contribution in [-0.4, -0.2) is 5.78 Å². The van der Waals surface area contributed by atoms with E-state index in [-0.39, 0.29) is 11.2 Å². The number of carbonyl (C=O) groups is 1. The fourth-order valence-electron chi connectivity index (χ4n) is 7.55. The molecule has 9 rings (SSSR count). The Bertz CT molecular complexity index is 2360. The van der Waals surface area contributed by atoms with Gasteiger partial charge in [-0.2, -0.15) is 0 Å². The van der Waals surface area contributed by atoms with Gasteiger partial charge in [0.1, 0.15) is 0 Å². The Labute approximate surface area is 262 Å². The van der Waals surface area contributed by atoms with Crippen LogP contribution in [0.1, 0.15) is 40.9 Å². The first-order valence-electron chi connectivity index (χ1n) is 15.6. The van der Waals surface area contributed by atoms with Gasteiger partial charge in [-0.15, -0.1) is 0 Å². The number of carbonyl (C=O) groups excluding carboxylic acids is 1. The van der Waals surface area contributed by atoms with Gasteiger partial charge in [0.2, 0.25) is 0 Å². The van der Waals surface area contributed by atoms with Crippen molar-refractivity contribution in [1.82, 2.24) is 0 Å². The van der Waals surface area contributed by atoms with Gasteiger partial charge in [0, 0.05) is 16.5 Å². The van der Waals surface area contributed by atoms with E-state index in [4.69, 9.17) is 0 Å². The second-order valence-corrected chi connectivity index (χ2v) is 12.9. The zero-order chi connectivity index (χ0) is 30.3. The summed E-state index contributed by atoms with van der Waals surface area (Å²) < 4.78 is 0. The quantitative estimate of drug-likeness (QED) is 0.188.